The van der Waals surface area contributed by atoms with Crippen LogP contribution in [0.1, 0.15) is 24.2 Å². The van der Waals surface area contributed by atoms with E-state index < -0.39 is 0 Å². The van der Waals surface area contributed by atoms with Gasteiger partial charge in [-0.05, 0) is 38.1 Å². The smallest absolute Gasteiger partial charge is 0.253 e. The first-order chi connectivity index (χ1) is 7.76. The van der Waals surface area contributed by atoms with Crippen LogP contribution >= 0.6 is 0 Å². The molecule has 1 N–H and O–H groups in total. The number of rotatable bonds is 3. The highest BCUT2D eigenvalue weighted by molar-refractivity contribution is 5.98. The van der Waals surface area contributed by atoms with E-state index >= 15 is 0 Å². The van der Waals surface area contributed by atoms with Gasteiger partial charge in [0, 0.05) is 35.8 Å². The van der Waals surface area contributed by atoms with Gasteiger partial charge >= 0.3 is 0 Å². The molecule has 3 nitrogen and oxygen atoms in total. The Labute approximate surface area is 95.1 Å². The molecule has 0 aliphatic rings. The molecule has 2 aromatic rings. The average molecular weight is 216 g/mol. The monoisotopic (exact) mass is 216 g/mol. The first-order valence-corrected chi connectivity index (χ1v) is 5.62. The zero-order valence-electron chi connectivity index (χ0n) is 9.66. The quantitative estimate of drug-likeness (QED) is 0.841. The predicted octanol–water partition coefficient (Wildman–Crippen LogP) is 2.65. The lowest BCUT2D eigenvalue weighted by Gasteiger charge is -2.18. The van der Waals surface area contributed by atoms with Crippen molar-refractivity contribution >= 4 is 16.8 Å². The van der Waals surface area contributed by atoms with Crippen molar-refractivity contribution < 1.29 is 4.79 Å². The lowest BCUT2D eigenvalue weighted by Crippen LogP contribution is -2.30. The molecule has 2 rings (SSSR count). The second-order valence-electron chi connectivity index (χ2n) is 3.76. The maximum Gasteiger partial charge on any atom is 0.253 e. The van der Waals surface area contributed by atoms with Gasteiger partial charge in [-0.2, -0.15) is 0 Å². The third kappa shape index (κ3) is 1.81. The van der Waals surface area contributed by atoms with E-state index in [0.29, 0.717) is 0 Å². The third-order valence-corrected chi connectivity index (χ3v) is 2.85. The Bertz CT molecular complexity index is 497. The van der Waals surface area contributed by atoms with Crippen LogP contribution in [0.5, 0.6) is 0 Å². The maximum absolute atomic E-state index is 12.1. The molecule has 1 aromatic carbocycles. The minimum Gasteiger partial charge on any atom is -0.361 e. The number of amides is 1. The number of hydrogen-bond acceptors (Lipinski definition) is 1. The minimum atomic E-state index is 0.105. The van der Waals surface area contributed by atoms with Crippen LogP contribution < -0.4 is 0 Å². The molecule has 0 fully saturated rings. The molecule has 0 aliphatic heterocycles. The lowest BCUT2D eigenvalue weighted by molar-refractivity contribution is 0.0773. The number of fused-ring (bicyclic) bond motifs is 1. The number of benzene rings is 1. The van der Waals surface area contributed by atoms with Crippen LogP contribution in [0.4, 0.5) is 0 Å². The summed E-state index contributed by atoms with van der Waals surface area (Å²) in [7, 11) is 0. The van der Waals surface area contributed by atoms with Gasteiger partial charge in [-0.3, -0.25) is 4.79 Å². The maximum atomic E-state index is 12.1. The summed E-state index contributed by atoms with van der Waals surface area (Å²) in [4.78, 5) is 17.0. The van der Waals surface area contributed by atoms with Crippen LogP contribution in [0, 0.1) is 0 Å². The van der Waals surface area contributed by atoms with E-state index in [1.165, 1.54) is 0 Å². The van der Waals surface area contributed by atoms with E-state index in [0.717, 1.165) is 29.6 Å². The number of carbonyl (C=O) groups excluding carboxylic acids is 1. The van der Waals surface area contributed by atoms with Gasteiger partial charge in [0.15, 0.2) is 0 Å². The number of H-pyrrole nitrogens is 1. The fraction of sp³-hybridized carbons (Fsp3) is 0.308. The number of nitrogens with one attached hydrogen (secondary N) is 1. The van der Waals surface area contributed by atoms with Gasteiger partial charge < -0.3 is 9.88 Å². The van der Waals surface area contributed by atoms with E-state index in [4.69, 9.17) is 0 Å². The Kier molecular flexibility index (Phi) is 2.95. The standard InChI is InChI=1S/C13H16N2O/c1-3-15(4-2)13(16)11-5-6-12-10(9-11)7-8-14-12/h5-9,14H,3-4H2,1-2H3. The third-order valence-electron chi connectivity index (χ3n) is 2.85. The predicted molar refractivity (Wildman–Crippen MR) is 65.6 cm³/mol. The van der Waals surface area contributed by atoms with Crippen molar-refractivity contribution in [2.45, 2.75) is 13.8 Å². The highest BCUT2D eigenvalue weighted by Gasteiger charge is 2.12. The van der Waals surface area contributed by atoms with Crippen molar-refractivity contribution in [2.24, 2.45) is 0 Å². The SMILES string of the molecule is CCN(CC)C(=O)c1ccc2[nH]ccc2c1. The second kappa shape index (κ2) is 4.39. The Balaban J connectivity index is 2.35. The summed E-state index contributed by atoms with van der Waals surface area (Å²) in [5.74, 6) is 0.105. The number of nitrogens with zero attached hydrogens (tertiary/aromatic N) is 1. The molecule has 1 aromatic heterocycles. The highest BCUT2D eigenvalue weighted by Crippen LogP contribution is 2.15. The Morgan fingerprint density at radius 3 is 2.69 bits per heavy atom. The van der Waals surface area contributed by atoms with Crippen molar-refractivity contribution in [1.82, 2.24) is 9.88 Å². The average Bonchev–Trinajstić information content (AvgIpc) is 2.77. The summed E-state index contributed by atoms with van der Waals surface area (Å²) >= 11 is 0. The first kappa shape index (κ1) is 10.7. The Hall–Kier alpha value is -1.77. The number of aromatic nitrogens is 1. The van der Waals surface area contributed by atoms with Crippen LogP contribution in [-0.2, 0) is 0 Å². The summed E-state index contributed by atoms with van der Waals surface area (Å²) in [6, 6.07) is 7.74. The van der Waals surface area contributed by atoms with Crippen LogP contribution in [0.15, 0.2) is 30.5 Å². The zero-order valence-corrected chi connectivity index (χ0v) is 9.66. The Morgan fingerprint density at radius 1 is 1.25 bits per heavy atom. The van der Waals surface area contributed by atoms with Crippen molar-refractivity contribution in [1.29, 1.82) is 0 Å². The fourth-order valence-corrected chi connectivity index (χ4v) is 1.88. The van der Waals surface area contributed by atoms with Crippen molar-refractivity contribution in [3.05, 3.63) is 36.0 Å². The largest absolute Gasteiger partial charge is 0.361 e. The molecule has 0 saturated carbocycles. The molecule has 0 saturated heterocycles. The molecule has 0 spiro atoms. The molecule has 84 valence electrons. The molecule has 16 heavy (non-hydrogen) atoms. The van der Waals surface area contributed by atoms with Crippen LogP contribution in [0.2, 0.25) is 0 Å². The summed E-state index contributed by atoms with van der Waals surface area (Å²) < 4.78 is 0. The molecular weight excluding hydrogens is 200 g/mol. The van der Waals surface area contributed by atoms with E-state index in [2.05, 4.69) is 4.98 Å². The van der Waals surface area contributed by atoms with Gasteiger partial charge in [0.1, 0.15) is 0 Å². The summed E-state index contributed by atoms with van der Waals surface area (Å²) in [5, 5.41) is 1.08. The van der Waals surface area contributed by atoms with E-state index in [-0.39, 0.29) is 5.91 Å². The highest BCUT2D eigenvalue weighted by atomic mass is 16.2. The van der Waals surface area contributed by atoms with Gasteiger partial charge in [-0.15, -0.1) is 0 Å². The van der Waals surface area contributed by atoms with Gasteiger partial charge in [0.05, 0.1) is 0 Å². The molecule has 0 atom stereocenters. The van der Waals surface area contributed by atoms with Crippen molar-refractivity contribution in [3.63, 3.8) is 0 Å². The molecule has 3 heteroatoms. The van der Waals surface area contributed by atoms with Gasteiger partial charge in [0.2, 0.25) is 0 Å². The normalized spacial score (nSPS) is 10.6. The fourth-order valence-electron chi connectivity index (χ4n) is 1.88. The van der Waals surface area contributed by atoms with Crippen LogP contribution in [0.25, 0.3) is 10.9 Å². The number of hydrogen-bond donors (Lipinski definition) is 1. The number of carbonyl (C=O) groups is 1. The topological polar surface area (TPSA) is 36.1 Å². The molecule has 1 heterocycles. The summed E-state index contributed by atoms with van der Waals surface area (Å²) in [5.41, 5.74) is 1.83. The first-order valence-electron chi connectivity index (χ1n) is 5.62. The van der Waals surface area contributed by atoms with Crippen molar-refractivity contribution in [3.8, 4) is 0 Å². The molecule has 0 aliphatic carbocycles. The van der Waals surface area contributed by atoms with Gasteiger partial charge in [0.25, 0.3) is 5.91 Å². The van der Waals surface area contributed by atoms with E-state index in [1.54, 1.807) is 0 Å². The second-order valence-corrected chi connectivity index (χ2v) is 3.76. The zero-order chi connectivity index (χ0) is 11.5. The van der Waals surface area contributed by atoms with Crippen LogP contribution in [-0.4, -0.2) is 28.9 Å². The molecular formula is C13H16N2O. The van der Waals surface area contributed by atoms with Gasteiger partial charge in [-0.1, -0.05) is 0 Å². The van der Waals surface area contributed by atoms with Gasteiger partial charge in [-0.25, -0.2) is 0 Å². The van der Waals surface area contributed by atoms with Crippen molar-refractivity contribution in [2.75, 3.05) is 13.1 Å². The minimum absolute atomic E-state index is 0.105. The van der Waals surface area contributed by atoms with E-state index in [9.17, 15) is 4.79 Å². The lowest BCUT2D eigenvalue weighted by atomic mass is 10.1. The Morgan fingerprint density at radius 2 is 2.00 bits per heavy atom. The molecule has 1 amide bonds. The van der Waals surface area contributed by atoms with E-state index in [1.807, 2.05) is 49.2 Å². The summed E-state index contributed by atoms with van der Waals surface area (Å²) in [6.07, 6.45) is 1.89. The molecule has 0 bridgehead atoms. The number of aromatic amines is 1. The summed E-state index contributed by atoms with van der Waals surface area (Å²) in [6.45, 7) is 5.49. The van der Waals surface area contributed by atoms with Crippen LogP contribution in [0.3, 0.4) is 0 Å². The molecule has 0 radical (unpaired) electrons. The molecule has 0 unspecified atom stereocenters.